The minimum absolute atomic E-state index is 0.659. The molecule has 0 radical (unpaired) electrons. The molecule has 0 atom stereocenters. The predicted octanol–water partition coefficient (Wildman–Crippen LogP) is 12.9. The molecule has 0 aliphatic heterocycles. The average molecular weight is 660 g/mol. The van der Waals surface area contributed by atoms with Gasteiger partial charge in [0, 0.05) is 32.9 Å². The summed E-state index contributed by atoms with van der Waals surface area (Å²) >= 11 is 0. The van der Waals surface area contributed by atoms with Crippen LogP contribution in [0, 0.1) is 11.3 Å². The van der Waals surface area contributed by atoms with Gasteiger partial charge in [0.25, 0.3) is 0 Å². The summed E-state index contributed by atoms with van der Waals surface area (Å²) in [5.74, 6) is 0. The van der Waals surface area contributed by atoms with E-state index in [4.69, 9.17) is 0 Å². The number of aromatic nitrogens is 2. The molecular weight excluding hydrogens is 631 g/mol. The third-order valence-corrected chi connectivity index (χ3v) is 10.9. The predicted molar refractivity (Wildman–Crippen MR) is 218 cm³/mol. The minimum atomic E-state index is 0.659. The summed E-state index contributed by atoms with van der Waals surface area (Å²) in [7, 11) is 0. The molecule has 11 rings (SSSR count). The second kappa shape index (κ2) is 10.9. The Kier molecular flexibility index (Phi) is 6.02. The molecular formula is C49H29N3. The van der Waals surface area contributed by atoms with E-state index in [1.54, 1.807) is 0 Å². The number of fused-ring (bicyclic) bond motifs is 12. The van der Waals surface area contributed by atoms with E-state index in [0.717, 1.165) is 38.8 Å². The van der Waals surface area contributed by atoms with Crippen molar-refractivity contribution in [3.63, 3.8) is 0 Å². The van der Waals surface area contributed by atoms with Crippen LogP contribution < -0.4 is 0 Å². The van der Waals surface area contributed by atoms with Crippen LogP contribution in [0.4, 0.5) is 0 Å². The first-order valence-corrected chi connectivity index (χ1v) is 17.7. The number of hydrogen-bond donors (Lipinski definition) is 0. The molecule has 2 heterocycles. The Balaban J connectivity index is 1.17. The number of hydrogen-bond acceptors (Lipinski definition) is 1. The van der Waals surface area contributed by atoms with Gasteiger partial charge in [-0.3, -0.25) is 0 Å². The summed E-state index contributed by atoms with van der Waals surface area (Å²) in [4.78, 5) is 0. The zero-order valence-electron chi connectivity index (χ0n) is 28.1. The fraction of sp³-hybridized carbons (Fsp3) is 0. The molecule has 0 N–H and O–H groups in total. The number of rotatable bonds is 3. The maximum absolute atomic E-state index is 10.2. The van der Waals surface area contributed by atoms with Crippen LogP contribution in [-0.4, -0.2) is 9.13 Å². The van der Waals surface area contributed by atoms with Gasteiger partial charge in [0.1, 0.15) is 0 Å². The largest absolute Gasteiger partial charge is 0.309 e. The zero-order chi connectivity index (χ0) is 34.3. The van der Waals surface area contributed by atoms with Crippen molar-refractivity contribution in [2.45, 2.75) is 0 Å². The first-order chi connectivity index (χ1) is 25.8. The van der Waals surface area contributed by atoms with Gasteiger partial charge in [-0.05, 0) is 104 Å². The number of nitrogens with zero attached hydrogens (tertiary/aromatic N) is 3. The lowest BCUT2D eigenvalue weighted by molar-refractivity contribution is 1.16. The normalized spacial score (nSPS) is 11.8. The third-order valence-electron chi connectivity index (χ3n) is 10.9. The third kappa shape index (κ3) is 4.01. The van der Waals surface area contributed by atoms with Crippen LogP contribution in [0.25, 0.3) is 98.4 Å². The van der Waals surface area contributed by atoms with E-state index in [0.29, 0.717) is 5.56 Å². The van der Waals surface area contributed by atoms with Crippen LogP contribution in [0.5, 0.6) is 0 Å². The van der Waals surface area contributed by atoms with Crippen molar-refractivity contribution in [3.8, 4) is 28.6 Å². The molecule has 0 unspecified atom stereocenters. The molecule has 0 saturated heterocycles. The Morgan fingerprint density at radius 2 is 0.827 bits per heavy atom. The van der Waals surface area contributed by atoms with Gasteiger partial charge in [-0.25, -0.2) is 0 Å². The van der Waals surface area contributed by atoms with E-state index < -0.39 is 0 Å². The maximum Gasteiger partial charge on any atom is 0.0992 e. The molecule has 3 heteroatoms. The van der Waals surface area contributed by atoms with E-state index >= 15 is 0 Å². The van der Waals surface area contributed by atoms with Gasteiger partial charge in [0.2, 0.25) is 0 Å². The molecule has 240 valence electrons. The highest BCUT2D eigenvalue weighted by atomic mass is 15.0. The average Bonchev–Trinajstić information content (AvgIpc) is 3.72. The van der Waals surface area contributed by atoms with Gasteiger partial charge >= 0.3 is 0 Å². The maximum atomic E-state index is 10.2. The summed E-state index contributed by atoms with van der Waals surface area (Å²) < 4.78 is 4.78. The molecule has 2 aromatic heterocycles. The molecule has 9 aromatic carbocycles. The smallest absolute Gasteiger partial charge is 0.0992 e. The van der Waals surface area contributed by atoms with Crippen molar-refractivity contribution in [3.05, 3.63) is 181 Å². The molecule has 0 spiro atoms. The summed E-state index contributed by atoms with van der Waals surface area (Å²) in [6.45, 7) is 0. The highest BCUT2D eigenvalue weighted by Gasteiger charge is 2.19. The molecule has 0 amide bonds. The van der Waals surface area contributed by atoms with Crippen molar-refractivity contribution in [2.75, 3.05) is 0 Å². The highest BCUT2D eigenvalue weighted by Crippen LogP contribution is 2.43. The van der Waals surface area contributed by atoms with Gasteiger partial charge in [-0.2, -0.15) is 5.26 Å². The quantitative estimate of drug-likeness (QED) is 0.174. The monoisotopic (exact) mass is 659 g/mol. The van der Waals surface area contributed by atoms with Crippen molar-refractivity contribution in [1.29, 1.82) is 5.26 Å². The van der Waals surface area contributed by atoms with E-state index in [9.17, 15) is 5.26 Å². The second-order valence-corrected chi connectivity index (χ2v) is 13.6. The number of nitriles is 1. The Labute approximate surface area is 299 Å². The Morgan fingerprint density at radius 1 is 0.346 bits per heavy atom. The van der Waals surface area contributed by atoms with Gasteiger partial charge < -0.3 is 9.13 Å². The summed E-state index contributed by atoms with van der Waals surface area (Å²) in [5, 5.41) is 22.2. The van der Waals surface area contributed by atoms with Crippen LogP contribution in [0.1, 0.15) is 5.56 Å². The zero-order valence-corrected chi connectivity index (χ0v) is 28.1. The molecule has 0 fully saturated rings. The fourth-order valence-corrected chi connectivity index (χ4v) is 8.68. The van der Waals surface area contributed by atoms with Gasteiger partial charge in [0.05, 0.1) is 33.7 Å². The lowest BCUT2D eigenvalue weighted by Crippen LogP contribution is -1.96. The summed E-state index contributed by atoms with van der Waals surface area (Å²) in [5.41, 5.74) is 9.76. The van der Waals surface area contributed by atoms with E-state index in [2.05, 4.69) is 191 Å². The Hall–Kier alpha value is -7.15. The van der Waals surface area contributed by atoms with Crippen LogP contribution >= 0.6 is 0 Å². The molecule has 0 bridgehead atoms. The SMILES string of the molecule is N#Cc1cc(-c2ccc(-n3c4ccccc4c4cc5c6ccccc6n(-c6ccccc6)c5cc43)cc2)c2c3ccccc3c3ccccc3c2c1. The summed E-state index contributed by atoms with van der Waals surface area (Å²) in [6.07, 6.45) is 0. The molecule has 3 nitrogen and oxygen atoms in total. The first kappa shape index (κ1) is 28.7. The second-order valence-electron chi connectivity index (χ2n) is 13.6. The molecule has 0 aliphatic carbocycles. The van der Waals surface area contributed by atoms with E-state index in [1.165, 1.54) is 59.6 Å². The van der Waals surface area contributed by atoms with Crippen molar-refractivity contribution < 1.29 is 0 Å². The topological polar surface area (TPSA) is 33.6 Å². The number of benzene rings is 9. The first-order valence-electron chi connectivity index (χ1n) is 17.7. The molecule has 52 heavy (non-hydrogen) atoms. The van der Waals surface area contributed by atoms with E-state index in [-0.39, 0.29) is 0 Å². The van der Waals surface area contributed by atoms with E-state index in [1.807, 2.05) is 0 Å². The standard InChI is InChI=1S/C49H29N3/c50-30-31-26-41(49-40-19-7-6-15-36(40)35-14-4-5-16-37(35)44(49)27-31)32-22-24-34(25-23-32)52-46-21-11-9-18-39(46)43-28-42-38-17-8-10-20-45(38)51(47(42)29-48(43)52)33-12-2-1-3-13-33/h1-29H. The van der Waals surface area contributed by atoms with Gasteiger partial charge in [-0.15, -0.1) is 0 Å². The van der Waals surface area contributed by atoms with Crippen molar-refractivity contribution >= 4 is 75.9 Å². The highest BCUT2D eigenvalue weighted by molar-refractivity contribution is 6.28. The van der Waals surface area contributed by atoms with Crippen LogP contribution in [0.3, 0.4) is 0 Å². The minimum Gasteiger partial charge on any atom is -0.309 e. The molecule has 0 saturated carbocycles. The molecule has 11 aromatic rings. The van der Waals surface area contributed by atoms with Crippen LogP contribution in [0.15, 0.2) is 176 Å². The van der Waals surface area contributed by atoms with Crippen LogP contribution in [0.2, 0.25) is 0 Å². The Morgan fingerprint density at radius 3 is 1.42 bits per heavy atom. The van der Waals surface area contributed by atoms with Gasteiger partial charge in [0.15, 0.2) is 0 Å². The fourth-order valence-electron chi connectivity index (χ4n) is 8.68. The lowest BCUT2D eigenvalue weighted by Gasteiger charge is -2.16. The van der Waals surface area contributed by atoms with Gasteiger partial charge in [-0.1, -0.05) is 115 Å². The van der Waals surface area contributed by atoms with Crippen molar-refractivity contribution in [1.82, 2.24) is 9.13 Å². The summed E-state index contributed by atoms with van der Waals surface area (Å²) in [6, 6.07) is 65.4. The number of para-hydroxylation sites is 3. The Bertz CT molecular complexity index is 3280. The van der Waals surface area contributed by atoms with Crippen LogP contribution in [-0.2, 0) is 0 Å². The molecule has 0 aliphatic rings. The lowest BCUT2D eigenvalue weighted by atomic mass is 9.88. The van der Waals surface area contributed by atoms with Crippen molar-refractivity contribution in [2.24, 2.45) is 0 Å².